The molecule has 66 valence electrons. The molecule has 0 amide bonds. The number of hydrogen-bond acceptors (Lipinski definition) is 3. The predicted octanol–water partition coefficient (Wildman–Crippen LogP) is 0.730. The smallest absolute Gasteiger partial charge is 0.356 e. The molecule has 5 heteroatoms. The van der Waals surface area contributed by atoms with Crippen LogP contribution in [-0.4, -0.2) is 30.3 Å². The van der Waals surface area contributed by atoms with E-state index in [1.54, 1.807) is 0 Å². The van der Waals surface area contributed by atoms with E-state index in [1.165, 1.54) is 20.3 Å². The molecule has 0 spiro atoms. The summed E-state index contributed by atoms with van der Waals surface area (Å²) in [5.41, 5.74) is -0.00523. The van der Waals surface area contributed by atoms with Crippen LogP contribution in [0.3, 0.4) is 0 Å². The Kier molecular flexibility index (Phi) is 2.23. The monoisotopic (exact) mass is 171 g/mol. The van der Waals surface area contributed by atoms with Gasteiger partial charge in [0.25, 0.3) is 0 Å². The third kappa shape index (κ3) is 1.34. The fourth-order valence-corrected chi connectivity index (χ4v) is 0.842. The third-order valence-electron chi connectivity index (χ3n) is 1.41. The number of carboxylic acid groups (broad SMARTS) is 1. The molecule has 1 aromatic heterocycles. The van der Waals surface area contributed by atoms with Crippen molar-refractivity contribution in [3.8, 4) is 11.6 Å². The Morgan fingerprint density at radius 2 is 2.17 bits per heavy atom. The van der Waals surface area contributed by atoms with E-state index in [1.807, 2.05) is 0 Å². The number of rotatable bonds is 3. The van der Waals surface area contributed by atoms with Gasteiger partial charge in [0.1, 0.15) is 0 Å². The van der Waals surface area contributed by atoms with Crippen LogP contribution in [0.4, 0.5) is 0 Å². The highest BCUT2D eigenvalue weighted by Gasteiger charge is 2.14. The van der Waals surface area contributed by atoms with Gasteiger partial charge in [-0.3, -0.25) is 0 Å². The maximum atomic E-state index is 10.5. The van der Waals surface area contributed by atoms with Crippen LogP contribution in [0, 0.1) is 0 Å². The Hall–Kier alpha value is -1.65. The lowest BCUT2D eigenvalue weighted by atomic mass is 10.4. The van der Waals surface area contributed by atoms with E-state index in [2.05, 4.69) is 4.98 Å². The summed E-state index contributed by atoms with van der Waals surface area (Å²) in [5, 5.41) is 8.64. The van der Waals surface area contributed by atoms with Gasteiger partial charge in [0, 0.05) is 6.07 Å². The number of nitrogens with one attached hydrogen (secondary N) is 1. The van der Waals surface area contributed by atoms with Gasteiger partial charge in [-0.1, -0.05) is 0 Å². The second-order valence-corrected chi connectivity index (χ2v) is 2.09. The average molecular weight is 171 g/mol. The number of aromatic amines is 1. The molecular weight excluding hydrogens is 162 g/mol. The fraction of sp³-hybridized carbons (Fsp3) is 0.286. The van der Waals surface area contributed by atoms with E-state index in [-0.39, 0.29) is 11.4 Å². The predicted molar refractivity (Wildman–Crippen MR) is 40.9 cm³/mol. The quantitative estimate of drug-likeness (QED) is 0.703. The number of H-pyrrole nitrogens is 1. The molecule has 0 atom stereocenters. The Morgan fingerprint density at radius 1 is 1.50 bits per heavy atom. The minimum absolute atomic E-state index is 0.00523. The number of methoxy groups -OCH3 is 2. The maximum absolute atomic E-state index is 10.5. The van der Waals surface area contributed by atoms with Gasteiger partial charge in [-0.25, -0.2) is 4.79 Å². The van der Waals surface area contributed by atoms with Crippen LogP contribution in [0.1, 0.15) is 10.5 Å². The molecule has 2 N–H and O–H groups in total. The van der Waals surface area contributed by atoms with Crippen molar-refractivity contribution in [2.24, 2.45) is 0 Å². The summed E-state index contributed by atoms with van der Waals surface area (Å²) in [4.78, 5) is 13.1. The van der Waals surface area contributed by atoms with Crippen LogP contribution in [0.25, 0.3) is 0 Å². The van der Waals surface area contributed by atoms with E-state index >= 15 is 0 Å². The lowest BCUT2D eigenvalue weighted by molar-refractivity contribution is 0.0687. The number of hydrogen-bond donors (Lipinski definition) is 2. The minimum Gasteiger partial charge on any atom is -0.494 e. The lowest BCUT2D eigenvalue weighted by Crippen LogP contribution is -1.99. The highest BCUT2D eigenvalue weighted by Crippen LogP contribution is 2.23. The third-order valence-corrected chi connectivity index (χ3v) is 1.41. The number of ether oxygens (including phenoxy) is 2. The highest BCUT2D eigenvalue weighted by molar-refractivity contribution is 5.89. The Labute approximate surface area is 68.9 Å². The van der Waals surface area contributed by atoms with Crippen molar-refractivity contribution in [3.63, 3.8) is 0 Å². The van der Waals surface area contributed by atoms with Gasteiger partial charge >= 0.3 is 5.97 Å². The number of carboxylic acids is 1. The molecule has 1 rings (SSSR count). The minimum atomic E-state index is -1.07. The van der Waals surface area contributed by atoms with E-state index < -0.39 is 5.97 Å². The summed E-state index contributed by atoms with van der Waals surface area (Å²) < 4.78 is 9.59. The number of aromatic nitrogens is 1. The Morgan fingerprint density at radius 3 is 2.50 bits per heavy atom. The van der Waals surface area contributed by atoms with Crippen LogP contribution in [-0.2, 0) is 0 Å². The molecule has 12 heavy (non-hydrogen) atoms. The first kappa shape index (κ1) is 8.45. The molecule has 0 bridgehead atoms. The molecule has 1 heterocycles. The van der Waals surface area contributed by atoms with Crippen LogP contribution >= 0.6 is 0 Å². The Balaban J connectivity index is 3.08. The van der Waals surface area contributed by atoms with Crippen molar-refractivity contribution >= 4 is 5.97 Å². The molecule has 0 unspecified atom stereocenters. The highest BCUT2D eigenvalue weighted by atomic mass is 16.5. The molecule has 0 fully saturated rings. The summed E-state index contributed by atoms with van der Waals surface area (Å²) in [7, 11) is 2.84. The fourth-order valence-electron chi connectivity index (χ4n) is 0.842. The topological polar surface area (TPSA) is 71.6 Å². The average Bonchev–Trinajstić information content (AvgIpc) is 2.47. The first-order chi connectivity index (χ1) is 5.69. The van der Waals surface area contributed by atoms with E-state index in [0.29, 0.717) is 5.88 Å². The molecule has 0 aromatic carbocycles. The standard InChI is InChI=1S/C7H9NO4/c1-11-4-3-5(12-2)8-6(4)7(9)10/h3,8H,1-2H3,(H,9,10). The zero-order chi connectivity index (χ0) is 9.14. The largest absolute Gasteiger partial charge is 0.494 e. The Bertz CT molecular complexity index is 292. The van der Waals surface area contributed by atoms with Gasteiger partial charge in [0.05, 0.1) is 14.2 Å². The molecule has 0 aliphatic heterocycles. The molecule has 0 saturated heterocycles. The summed E-state index contributed by atoms with van der Waals surface area (Å²) >= 11 is 0. The van der Waals surface area contributed by atoms with Gasteiger partial charge < -0.3 is 19.6 Å². The van der Waals surface area contributed by atoms with Crippen LogP contribution < -0.4 is 9.47 Å². The normalized spacial score (nSPS) is 9.50. The second-order valence-electron chi connectivity index (χ2n) is 2.09. The van der Waals surface area contributed by atoms with Crippen LogP contribution in [0.15, 0.2) is 6.07 Å². The summed E-state index contributed by atoms with van der Waals surface area (Å²) in [6, 6.07) is 1.48. The molecule has 0 aliphatic carbocycles. The molecule has 0 radical (unpaired) electrons. The van der Waals surface area contributed by atoms with Crippen molar-refractivity contribution in [3.05, 3.63) is 11.8 Å². The molecule has 5 nitrogen and oxygen atoms in total. The SMILES string of the molecule is COc1cc(OC)c(C(=O)O)[nH]1. The molecule has 0 aliphatic rings. The maximum Gasteiger partial charge on any atom is 0.356 e. The van der Waals surface area contributed by atoms with Gasteiger partial charge in [0.2, 0.25) is 0 Å². The number of carbonyl (C=O) groups is 1. The van der Waals surface area contributed by atoms with E-state index in [0.717, 1.165) is 0 Å². The van der Waals surface area contributed by atoms with E-state index in [4.69, 9.17) is 14.6 Å². The molecule has 1 aromatic rings. The zero-order valence-electron chi connectivity index (χ0n) is 6.75. The van der Waals surface area contributed by atoms with Crippen molar-refractivity contribution < 1.29 is 19.4 Å². The van der Waals surface area contributed by atoms with Gasteiger partial charge in [-0.2, -0.15) is 0 Å². The van der Waals surface area contributed by atoms with Gasteiger partial charge in [-0.05, 0) is 0 Å². The number of aromatic carboxylic acids is 1. The summed E-state index contributed by atoms with van der Waals surface area (Å²) in [6.07, 6.45) is 0. The molecule has 0 saturated carbocycles. The first-order valence-electron chi connectivity index (χ1n) is 3.23. The summed E-state index contributed by atoms with van der Waals surface area (Å²) in [5.74, 6) is -0.446. The molecular formula is C7H9NO4. The van der Waals surface area contributed by atoms with Gasteiger partial charge in [-0.15, -0.1) is 0 Å². The second kappa shape index (κ2) is 3.17. The van der Waals surface area contributed by atoms with Gasteiger partial charge in [0.15, 0.2) is 17.3 Å². The van der Waals surface area contributed by atoms with E-state index in [9.17, 15) is 4.79 Å². The van der Waals surface area contributed by atoms with Crippen molar-refractivity contribution in [1.82, 2.24) is 4.98 Å². The van der Waals surface area contributed by atoms with Crippen LogP contribution in [0.2, 0.25) is 0 Å². The van der Waals surface area contributed by atoms with Crippen molar-refractivity contribution in [2.45, 2.75) is 0 Å². The summed E-state index contributed by atoms with van der Waals surface area (Å²) in [6.45, 7) is 0. The zero-order valence-corrected chi connectivity index (χ0v) is 6.75. The van der Waals surface area contributed by atoms with Crippen LogP contribution in [0.5, 0.6) is 11.6 Å². The van der Waals surface area contributed by atoms with Crippen molar-refractivity contribution in [1.29, 1.82) is 0 Å². The lowest BCUT2D eigenvalue weighted by Gasteiger charge is -1.94. The first-order valence-corrected chi connectivity index (χ1v) is 3.23. The van der Waals surface area contributed by atoms with Crippen molar-refractivity contribution in [2.75, 3.05) is 14.2 Å².